The average molecular weight is 409 g/mol. The molecule has 0 aromatic heterocycles. The molecule has 3 N–H and O–H groups in total. The molecule has 29 heavy (non-hydrogen) atoms. The molecule has 10 heteroatoms. The number of nitrogens with zero attached hydrogens (tertiary/aromatic N) is 4. The van der Waals surface area contributed by atoms with Crippen molar-refractivity contribution in [1.82, 2.24) is 14.7 Å². The van der Waals surface area contributed by atoms with Crippen LogP contribution in [0.2, 0.25) is 0 Å². The first-order chi connectivity index (χ1) is 13.7. The molecule has 1 aliphatic heterocycles. The van der Waals surface area contributed by atoms with Crippen LogP contribution in [0.4, 0.5) is 14.4 Å². The summed E-state index contributed by atoms with van der Waals surface area (Å²) in [6.45, 7) is 2.17. The summed E-state index contributed by atoms with van der Waals surface area (Å²) in [5.41, 5.74) is 1.09. The van der Waals surface area contributed by atoms with Gasteiger partial charge in [0.15, 0.2) is 0 Å². The van der Waals surface area contributed by atoms with Crippen LogP contribution in [0.5, 0.6) is 0 Å². The van der Waals surface area contributed by atoms with E-state index in [0.29, 0.717) is 24.1 Å². The molecule has 1 saturated heterocycles. The lowest BCUT2D eigenvalue weighted by Gasteiger charge is -2.38. The van der Waals surface area contributed by atoms with Crippen LogP contribution in [0.1, 0.15) is 5.56 Å². The molecule has 0 aliphatic carbocycles. The predicted molar refractivity (Wildman–Crippen MR) is 105 cm³/mol. The summed E-state index contributed by atoms with van der Waals surface area (Å²) in [6, 6.07) is 9.78. The number of hydrogen-bond donors (Lipinski definition) is 3. The van der Waals surface area contributed by atoms with Crippen molar-refractivity contribution in [2.45, 2.75) is 6.54 Å². The number of likely N-dealkylation sites (N-methyl/N-ethyl adjacent to an activating group) is 1. The standard InChI is InChI=1S/C19H28N4O6/c1-23(15-16-5-3-2-4-6-16)13-11-21(18(26)27)9-7-20(17(24)25)8-10-22(12-14-23)19(28)29/h2-6H,7-15H2,1H3,(H2-,24,25,26,27,28,29)/p+1. The van der Waals surface area contributed by atoms with E-state index in [2.05, 4.69) is 0 Å². The molecule has 160 valence electrons. The lowest BCUT2D eigenvalue weighted by atomic mass is 10.2. The Bertz CT molecular complexity index is 684. The van der Waals surface area contributed by atoms with E-state index in [1.165, 1.54) is 9.80 Å². The SMILES string of the molecule is C[N+]1(Cc2ccccc2)CCN(C(=O)O)CCN(C(=O)O)CCN(C(=O)O)CC1. The van der Waals surface area contributed by atoms with Crippen molar-refractivity contribution < 1.29 is 34.2 Å². The van der Waals surface area contributed by atoms with Crippen LogP contribution in [-0.4, -0.2) is 112 Å². The molecule has 0 spiro atoms. The van der Waals surface area contributed by atoms with Crippen molar-refractivity contribution in [2.75, 3.05) is 59.4 Å². The molecular weight excluding hydrogens is 380 g/mol. The van der Waals surface area contributed by atoms with E-state index in [9.17, 15) is 29.7 Å². The van der Waals surface area contributed by atoms with Gasteiger partial charge in [-0.05, 0) is 0 Å². The fourth-order valence-electron chi connectivity index (χ4n) is 3.41. The van der Waals surface area contributed by atoms with E-state index in [1.807, 2.05) is 37.4 Å². The normalized spacial score (nSPS) is 18.4. The number of carbonyl (C=O) groups is 3. The molecule has 1 heterocycles. The van der Waals surface area contributed by atoms with Crippen molar-refractivity contribution >= 4 is 18.3 Å². The summed E-state index contributed by atoms with van der Waals surface area (Å²) >= 11 is 0. The van der Waals surface area contributed by atoms with Gasteiger partial charge in [-0.3, -0.25) is 0 Å². The van der Waals surface area contributed by atoms with E-state index >= 15 is 0 Å². The highest BCUT2D eigenvalue weighted by atomic mass is 16.4. The number of quaternary nitrogens is 1. The summed E-state index contributed by atoms with van der Waals surface area (Å²) < 4.78 is 0.472. The number of rotatable bonds is 2. The van der Waals surface area contributed by atoms with Crippen LogP contribution < -0.4 is 0 Å². The molecule has 0 saturated carbocycles. The van der Waals surface area contributed by atoms with Crippen molar-refractivity contribution in [3.63, 3.8) is 0 Å². The number of carboxylic acid groups (broad SMARTS) is 3. The zero-order valence-electron chi connectivity index (χ0n) is 16.6. The molecule has 1 aliphatic rings. The van der Waals surface area contributed by atoms with Crippen LogP contribution in [0.25, 0.3) is 0 Å². The van der Waals surface area contributed by atoms with Gasteiger partial charge in [0.1, 0.15) is 6.54 Å². The monoisotopic (exact) mass is 409 g/mol. The Labute approximate surface area is 169 Å². The van der Waals surface area contributed by atoms with Gasteiger partial charge in [0.25, 0.3) is 0 Å². The maximum Gasteiger partial charge on any atom is 0.407 e. The van der Waals surface area contributed by atoms with Crippen molar-refractivity contribution in [3.8, 4) is 0 Å². The molecule has 3 amide bonds. The summed E-state index contributed by atoms with van der Waals surface area (Å²) in [5.74, 6) is 0. The maximum atomic E-state index is 11.6. The second kappa shape index (κ2) is 9.97. The quantitative estimate of drug-likeness (QED) is 0.638. The lowest BCUT2D eigenvalue weighted by Crippen LogP contribution is -2.54. The third-order valence-electron chi connectivity index (χ3n) is 5.32. The molecule has 0 bridgehead atoms. The Balaban J connectivity index is 2.23. The van der Waals surface area contributed by atoms with Gasteiger partial charge >= 0.3 is 18.3 Å². The van der Waals surface area contributed by atoms with Gasteiger partial charge in [-0.1, -0.05) is 30.3 Å². The molecular formula is C19H29N4O6+. The van der Waals surface area contributed by atoms with E-state index in [0.717, 1.165) is 10.5 Å². The van der Waals surface area contributed by atoms with Gasteiger partial charge in [-0.15, -0.1) is 0 Å². The number of benzene rings is 1. The molecule has 10 nitrogen and oxygen atoms in total. The highest BCUT2D eigenvalue weighted by Crippen LogP contribution is 2.14. The third kappa shape index (κ3) is 6.83. The Hall–Kier alpha value is -3.01. The van der Waals surface area contributed by atoms with Crippen LogP contribution in [-0.2, 0) is 6.54 Å². The first-order valence-electron chi connectivity index (χ1n) is 9.51. The Morgan fingerprint density at radius 2 is 1.14 bits per heavy atom. The first kappa shape index (κ1) is 22.3. The van der Waals surface area contributed by atoms with Crippen molar-refractivity contribution in [1.29, 1.82) is 0 Å². The van der Waals surface area contributed by atoms with Gasteiger partial charge in [-0.25, -0.2) is 14.4 Å². The Morgan fingerprint density at radius 3 is 1.52 bits per heavy atom. The summed E-state index contributed by atoms with van der Waals surface area (Å²) in [4.78, 5) is 38.2. The summed E-state index contributed by atoms with van der Waals surface area (Å²) in [7, 11) is 1.99. The van der Waals surface area contributed by atoms with Crippen LogP contribution in [0.3, 0.4) is 0 Å². The second-order valence-corrected chi connectivity index (χ2v) is 7.52. The fraction of sp³-hybridized carbons (Fsp3) is 0.526. The van der Waals surface area contributed by atoms with Gasteiger partial charge < -0.3 is 34.5 Å². The highest BCUT2D eigenvalue weighted by Gasteiger charge is 2.28. The van der Waals surface area contributed by atoms with Crippen LogP contribution in [0, 0.1) is 0 Å². The zero-order chi connectivity index (χ0) is 21.4. The molecule has 0 atom stereocenters. The Kier molecular flexibility index (Phi) is 7.66. The number of amides is 3. The van der Waals surface area contributed by atoms with Gasteiger partial charge in [0, 0.05) is 31.7 Å². The molecule has 1 fully saturated rings. The van der Waals surface area contributed by atoms with Crippen molar-refractivity contribution in [2.24, 2.45) is 0 Å². The fourth-order valence-corrected chi connectivity index (χ4v) is 3.41. The molecule has 1 aromatic rings. The molecule has 0 radical (unpaired) electrons. The Morgan fingerprint density at radius 1 is 0.759 bits per heavy atom. The minimum absolute atomic E-state index is 0.00249. The van der Waals surface area contributed by atoms with Crippen LogP contribution >= 0.6 is 0 Å². The minimum atomic E-state index is -1.19. The van der Waals surface area contributed by atoms with Gasteiger partial charge in [0.05, 0.1) is 33.2 Å². The van der Waals surface area contributed by atoms with E-state index < -0.39 is 18.3 Å². The second-order valence-electron chi connectivity index (χ2n) is 7.52. The topological polar surface area (TPSA) is 122 Å². The third-order valence-corrected chi connectivity index (χ3v) is 5.32. The first-order valence-corrected chi connectivity index (χ1v) is 9.51. The van der Waals surface area contributed by atoms with Gasteiger partial charge in [0.2, 0.25) is 0 Å². The minimum Gasteiger partial charge on any atom is -0.465 e. The van der Waals surface area contributed by atoms with Crippen LogP contribution in [0.15, 0.2) is 30.3 Å². The largest absolute Gasteiger partial charge is 0.465 e. The molecule has 2 rings (SSSR count). The maximum absolute atomic E-state index is 11.6. The molecule has 1 aromatic carbocycles. The lowest BCUT2D eigenvalue weighted by molar-refractivity contribution is -0.921. The van der Waals surface area contributed by atoms with Gasteiger partial charge in [-0.2, -0.15) is 0 Å². The van der Waals surface area contributed by atoms with E-state index in [1.54, 1.807) is 0 Å². The molecule has 0 unspecified atom stereocenters. The predicted octanol–water partition coefficient (Wildman–Crippen LogP) is 1.59. The summed E-state index contributed by atoms with van der Waals surface area (Å²) in [6.07, 6.45) is -3.38. The van der Waals surface area contributed by atoms with E-state index in [4.69, 9.17) is 0 Å². The summed E-state index contributed by atoms with van der Waals surface area (Å²) in [5, 5.41) is 28.4. The average Bonchev–Trinajstić information content (AvgIpc) is 2.65. The highest BCUT2D eigenvalue weighted by molar-refractivity contribution is 5.67. The smallest absolute Gasteiger partial charge is 0.407 e. The number of hydrogen-bond acceptors (Lipinski definition) is 3. The zero-order valence-corrected chi connectivity index (χ0v) is 16.6. The van der Waals surface area contributed by atoms with E-state index in [-0.39, 0.29) is 39.3 Å². The van der Waals surface area contributed by atoms with Crippen molar-refractivity contribution in [3.05, 3.63) is 35.9 Å².